The molecule has 0 unspecified atom stereocenters. The number of thioether (sulfide) groups is 1. The van der Waals surface area contributed by atoms with E-state index >= 15 is 0 Å². The van der Waals surface area contributed by atoms with Gasteiger partial charge in [-0.3, -0.25) is 9.89 Å². The highest BCUT2D eigenvalue weighted by molar-refractivity contribution is 7.99. The predicted octanol–water partition coefficient (Wildman–Crippen LogP) is 5.73. The maximum absolute atomic E-state index is 13.7. The van der Waals surface area contributed by atoms with Crippen molar-refractivity contribution in [2.24, 2.45) is 11.3 Å². The van der Waals surface area contributed by atoms with E-state index in [2.05, 4.69) is 47.3 Å². The number of para-hydroxylation sites is 1. The lowest BCUT2D eigenvalue weighted by atomic mass is 9.69. The van der Waals surface area contributed by atoms with Gasteiger partial charge in [0.05, 0.1) is 11.3 Å². The van der Waals surface area contributed by atoms with Crippen molar-refractivity contribution in [2.45, 2.75) is 58.2 Å². The zero-order chi connectivity index (χ0) is 25.0. The van der Waals surface area contributed by atoms with Crippen LogP contribution in [0.15, 0.2) is 29.4 Å². The van der Waals surface area contributed by atoms with Crippen LogP contribution in [-0.2, 0) is 24.2 Å². The minimum absolute atomic E-state index is 0.0306. The summed E-state index contributed by atoms with van der Waals surface area (Å²) in [4.78, 5) is 18.1. The van der Waals surface area contributed by atoms with Gasteiger partial charge in [0.15, 0.2) is 17.4 Å². The van der Waals surface area contributed by atoms with Crippen molar-refractivity contribution < 1.29 is 13.9 Å². The SMILES string of the molecule is CCC(C)(C)[C@@H]1CCc2c(sc(NC(=O)CSc3n[nH]c(COc4ccccc4F)n3)c2C#N)C1. The molecule has 0 saturated carbocycles. The Balaban J connectivity index is 1.33. The number of hydrogen-bond acceptors (Lipinski definition) is 7. The van der Waals surface area contributed by atoms with Crippen LogP contribution in [0.5, 0.6) is 5.75 Å². The lowest BCUT2D eigenvalue weighted by molar-refractivity contribution is -0.113. The highest BCUT2D eigenvalue weighted by Crippen LogP contribution is 2.45. The van der Waals surface area contributed by atoms with Gasteiger partial charge in [-0.15, -0.1) is 16.4 Å². The summed E-state index contributed by atoms with van der Waals surface area (Å²) >= 11 is 2.70. The average molecular weight is 514 g/mol. The van der Waals surface area contributed by atoms with Crippen LogP contribution >= 0.6 is 23.1 Å². The number of aromatic nitrogens is 3. The van der Waals surface area contributed by atoms with Gasteiger partial charge in [0.1, 0.15) is 17.7 Å². The number of ether oxygens (including phenoxy) is 1. The second-order valence-corrected chi connectivity index (χ2v) is 11.3. The van der Waals surface area contributed by atoms with Gasteiger partial charge in [0.25, 0.3) is 0 Å². The van der Waals surface area contributed by atoms with E-state index < -0.39 is 5.82 Å². The first-order chi connectivity index (χ1) is 16.8. The number of amides is 1. The van der Waals surface area contributed by atoms with Gasteiger partial charge in [-0.05, 0) is 48.3 Å². The maximum atomic E-state index is 13.7. The summed E-state index contributed by atoms with van der Waals surface area (Å²) in [5.74, 6) is 0.572. The number of fused-ring (bicyclic) bond motifs is 1. The number of anilines is 1. The number of nitrogens with one attached hydrogen (secondary N) is 2. The van der Waals surface area contributed by atoms with E-state index in [4.69, 9.17) is 4.74 Å². The first-order valence-corrected chi connectivity index (χ1v) is 13.4. The summed E-state index contributed by atoms with van der Waals surface area (Å²) < 4.78 is 19.1. The lowest BCUT2D eigenvalue weighted by Crippen LogP contribution is -2.28. The summed E-state index contributed by atoms with van der Waals surface area (Å²) in [7, 11) is 0. The third-order valence-corrected chi connectivity index (χ3v) is 8.71. The van der Waals surface area contributed by atoms with Gasteiger partial charge in [0, 0.05) is 4.88 Å². The van der Waals surface area contributed by atoms with E-state index in [0.717, 1.165) is 31.2 Å². The number of H-pyrrole nitrogens is 1. The zero-order valence-corrected chi connectivity index (χ0v) is 21.6. The Morgan fingerprint density at radius 2 is 2.23 bits per heavy atom. The number of hydrogen-bond donors (Lipinski definition) is 2. The second kappa shape index (κ2) is 10.8. The zero-order valence-electron chi connectivity index (χ0n) is 20.0. The molecule has 1 aliphatic rings. The van der Waals surface area contributed by atoms with Crippen LogP contribution in [0, 0.1) is 28.5 Å². The number of nitrogens with zero attached hydrogens (tertiary/aromatic N) is 3. The second-order valence-electron chi connectivity index (χ2n) is 9.22. The average Bonchev–Trinajstić information content (AvgIpc) is 3.45. The first kappa shape index (κ1) is 25.2. The Morgan fingerprint density at radius 1 is 1.43 bits per heavy atom. The fourth-order valence-electron chi connectivity index (χ4n) is 4.16. The third-order valence-electron chi connectivity index (χ3n) is 6.69. The molecular weight excluding hydrogens is 485 g/mol. The summed E-state index contributed by atoms with van der Waals surface area (Å²) in [6.07, 6.45) is 4.01. The fourth-order valence-corrected chi connectivity index (χ4v) is 6.07. The topological polar surface area (TPSA) is 104 Å². The van der Waals surface area contributed by atoms with Crippen molar-refractivity contribution in [1.29, 1.82) is 5.26 Å². The highest BCUT2D eigenvalue weighted by atomic mass is 32.2. The Kier molecular flexibility index (Phi) is 7.77. The minimum atomic E-state index is -0.449. The molecule has 10 heteroatoms. The Bertz CT molecular complexity index is 1250. The monoisotopic (exact) mass is 513 g/mol. The maximum Gasteiger partial charge on any atom is 0.235 e. The van der Waals surface area contributed by atoms with Crippen LogP contribution in [0.25, 0.3) is 0 Å². The van der Waals surface area contributed by atoms with Crippen molar-refractivity contribution in [3.8, 4) is 11.8 Å². The Labute approximate surface area is 212 Å². The molecular formula is C25H28FN5O2S2. The number of halogens is 1. The van der Waals surface area contributed by atoms with E-state index in [0.29, 0.717) is 27.5 Å². The first-order valence-electron chi connectivity index (χ1n) is 11.6. The molecule has 3 aromatic rings. The largest absolute Gasteiger partial charge is 0.483 e. The molecule has 2 heterocycles. The summed E-state index contributed by atoms with van der Waals surface area (Å²) in [5.41, 5.74) is 1.95. The van der Waals surface area contributed by atoms with Gasteiger partial charge in [-0.25, -0.2) is 9.37 Å². The van der Waals surface area contributed by atoms with Gasteiger partial charge in [-0.2, -0.15) is 5.26 Å². The van der Waals surface area contributed by atoms with Crippen LogP contribution in [0.3, 0.4) is 0 Å². The molecule has 0 saturated heterocycles. The molecule has 2 aromatic heterocycles. The minimum Gasteiger partial charge on any atom is -0.483 e. The summed E-state index contributed by atoms with van der Waals surface area (Å²) in [6, 6.07) is 8.43. The van der Waals surface area contributed by atoms with Crippen molar-refractivity contribution >= 4 is 34.0 Å². The molecule has 184 valence electrons. The molecule has 2 N–H and O–H groups in total. The molecule has 1 atom stereocenters. The molecule has 0 radical (unpaired) electrons. The number of nitriles is 1. The molecule has 0 spiro atoms. The van der Waals surface area contributed by atoms with Crippen molar-refractivity contribution in [1.82, 2.24) is 15.2 Å². The quantitative estimate of drug-likeness (QED) is 0.354. The van der Waals surface area contributed by atoms with E-state index in [9.17, 15) is 14.4 Å². The van der Waals surface area contributed by atoms with Crippen LogP contribution in [-0.4, -0.2) is 26.8 Å². The molecule has 1 aliphatic carbocycles. The standard InChI is InChI=1S/C25H28FN5O2S2/c1-4-25(2,3)15-9-10-16-17(12-27)23(35-20(16)11-15)29-22(32)14-34-24-28-21(30-31-24)13-33-19-8-6-5-7-18(19)26/h5-8,15H,4,9-11,13-14H2,1-3H3,(H,29,32)(H,28,30,31)/t15-/m1/s1. The number of benzene rings is 1. The highest BCUT2D eigenvalue weighted by Gasteiger charge is 2.34. The normalized spacial score (nSPS) is 15.3. The van der Waals surface area contributed by atoms with Gasteiger partial charge < -0.3 is 10.1 Å². The van der Waals surface area contributed by atoms with Gasteiger partial charge >= 0.3 is 0 Å². The number of rotatable bonds is 9. The van der Waals surface area contributed by atoms with Crippen LogP contribution < -0.4 is 10.1 Å². The third kappa shape index (κ3) is 5.85. The number of thiophene rings is 1. The molecule has 0 bridgehead atoms. The molecule has 1 amide bonds. The molecule has 7 nitrogen and oxygen atoms in total. The van der Waals surface area contributed by atoms with Gasteiger partial charge in [0.2, 0.25) is 11.1 Å². The van der Waals surface area contributed by atoms with E-state index in [-0.39, 0.29) is 29.4 Å². The van der Waals surface area contributed by atoms with Crippen molar-refractivity contribution in [3.63, 3.8) is 0 Å². The molecule has 1 aromatic carbocycles. The Morgan fingerprint density at radius 3 is 2.97 bits per heavy atom. The summed E-state index contributed by atoms with van der Waals surface area (Å²) in [6.45, 7) is 6.87. The fraction of sp³-hybridized carbons (Fsp3) is 0.440. The Hall–Kier alpha value is -2.90. The molecule has 35 heavy (non-hydrogen) atoms. The molecule has 0 fully saturated rings. The van der Waals surface area contributed by atoms with Crippen molar-refractivity contribution in [3.05, 3.63) is 51.9 Å². The number of aromatic amines is 1. The smallest absolute Gasteiger partial charge is 0.235 e. The van der Waals surface area contributed by atoms with Crippen LogP contribution in [0.2, 0.25) is 0 Å². The predicted molar refractivity (Wildman–Crippen MR) is 135 cm³/mol. The lowest BCUT2D eigenvalue weighted by Gasteiger charge is -2.36. The van der Waals surface area contributed by atoms with Crippen LogP contribution in [0.4, 0.5) is 9.39 Å². The molecule has 4 rings (SSSR count). The van der Waals surface area contributed by atoms with Gasteiger partial charge in [-0.1, -0.05) is 51.1 Å². The summed E-state index contributed by atoms with van der Waals surface area (Å²) in [5, 5.41) is 20.5. The van der Waals surface area contributed by atoms with E-state index in [1.165, 1.54) is 40.1 Å². The van der Waals surface area contributed by atoms with E-state index in [1.54, 1.807) is 12.1 Å². The number of carbonyl (C=O) groups excluding carboxylic acids is 1. The van der Waals surface area contributed by atoms with Crippen molar-refractivity contribution in [2.75, 3.05) is 11.1 Å². The molecule has 0 aliphatic heterocycles. The van der Waals surface area contributed by atoms with Crippen LogP contribution in [0.1, 0.15) is 55.4 Å². The number of carbonyl (C=O) groups is 1. The van der Waals surface area contributed by atoms with E-state index in [1.807, 2.05) is 0 Å².